The number of hydrogen-bond acceptors (Lipinski definition) is 3. The Morgan fingerprint density at radius 1 is 1.45 bits per heavy atom. The molecule has 1 aliphatic rings. The molecule has 0 saturated carbocycles. The van der Waals surface area contributed by atoms with Gasteiger partial charge in [-0.05, 0) is 38.4 Å². The molecular weight excluding hydrogens is 290 g/mol. The lowest BCUT2D eigenvalue weighted by Gasteiger charge is -2.33. The summed E-state index contributed by atoms with van der Waals surface area (Å²) in [5.74, 6) is -1.22. The van der Waals surface area contributed by atoms with Crippen molar-refractivity contribution in [3.8, 4) is 0 Å². The fourth-order valence-corrected chi connectivity index (χ4v) is 2.65. The van der Waals surface area contributed by atoms with E-state index < -0.39 is 17.7 Å². The maximum atomic E-state index is 13.7. The van der Waals surface area contributed by atoms with Gasteiger partial charge < -0.3 is 10.1 Å². The number of carbonyl (C=O) groups is 1. The number of hydrogen-bond donors (Lipinski definition) is 1. The Hall–Kier alpha value is -1.53. The molecule has 1 saturated heterocycles. The van der Waals surface area contributed by atoms with Gasteiger partial charge in [0, 0.05) is 31.8 Å². The lowest BCUT2D eigenvalue weighted by molar-refractivity contribution is -0.131. The Kier molecular flexibility index (Phi) is 5.85. The van der Waals surface area contributed by atoms with Crippen molar-refractivity contribution in [2.24, 2.45) is 0 Å². The molecule has 0 bridgehead atoms. The first kappa shape index (κ1) is 16.8. The maximum Gasteiger partial charge on any atom is 0.249 e. The van der Waals surface area contributed by atoms with Gasteiger partial charge in [0.2, 0.25) is 5.91 Å². The van der Waals surface area contributed by atoms with Crippen LogP contribution in [0.4, 0.5) is 8.78 Å². The molecule has 0 aromatic heterocycles. The number of ether oxygens (including phenoxy) is 1. The zero-order chi connectivity index (χ0) is 16.1. The predicted octanol–water partition coefficient (Wildman–Crippen LogP) is 2.08. The molecule has 1 aliphatic heterocycles. The number of amides is 1. The molecule has 2 rings (SSSR count). The number of methoxy groups -OCH3 is 1. The Morgan fingerprint density at radius 2 is 2.14 bits per heavy atom. The van der Waals surface area contributed by atoms with Crippen molar-refractivity contribution in [1.82, 2.24) is 10.2 Å². The van der Waals surface area contributed by atoms with Gasteiger partial charge in [-0.3, -0.25) is 9.69 Å². The Morgan fingerprint density at radius 3 is 2.77 bits per heavy atom. The number of carbonyl (C=O) groups excluding carboxylic acids is 1. The number of nitrogens with zero attached hydrogens (tertiary/aromatic N) is 1. The second kappa shape index (κ2) is 7.65. The smallest absolute Gasteiger partial charge is 0.249 e. The minimum atomic E-state index is -0.529. The summed E-state index contributed by atoms with van der Waals surface area (Å²) in [6, 6.07) is 3.87. The second-order valence-electron chi connectivity index (χ2n) is 5.66. The minimum absolute atomic E-state index is 0.0197. The first-order valence-corrected chi connectivity index (χ1v) is 7.49. The molecule has 1 aromatic carbocycles. The third-order valence-corrected chi connectivity index (χ3v) is 4.02. The summed E-state index contributed by atoms with van der Waals surface area (Å²) in [4.78, 5) is 13.8. The predicted molar refractivity (Wildman–Crippen MR) is 79.3 cm³/mol. The van der Waals surface area contributed by atoms with E-state index in [2.05, 4.69) is 5.32 Å². The number of likely N-dealkylation sites (tertiary alicyclic amines) is 1. The first-order chi connectivity index (χ1) is 10.5. The van der Waals surface area contributed by atoms with E-state index in [9.17, 15) is 13.6 Å². The molecule has 0 spiro atoms. The number of halogens is 2. The van der Waals surface area contributed by atoms with Gasteiger partial charge in [-0.15, -0.1) is 0 Å². The average molecular weight is 312 g/mol. The molecule has 1 amide bonds. The topological polar surface area (TPSA) is 41.6 Å². The molecule has 122 valence electrons. The van der Waals surface area contributed by atoms with Crippen LogP contribution in [-0.4, -0.2) is 43.2 Å². The molecule has 1 aromatic rings. The van der Waals surface area contributed by atoms with Crippen molar-refractivity contribution < 1.29 is 18.3 Å². The van der Waals surface area contributed by atoms with Crippen LogP contribution in [0.15, 0.2) is 18.2 Å². The highest BCUT2D eigenvalue weighted by atomic mass is 19.1. The summed E-state index contributed by atoms with van der Waals surface area (Å²) in [6.45, 7) is 3.24. The van der Waals surface area contributed by atoms with Crippen LogP contribution >= 0.6 is 0 Å². The van der Waals surface area contributed by atoms with Crippen molar-refractivity contribution in [3.05, 3.63) is 35.4 Å². The van der Waals surface area contributed by atoms with Crippen molar-refractivity contribution >= 4 is 5.91 Å². The largest absolute Gasteiger partial charge is 0.372 e. The van der Waals surface area contributed by atoms with E-state index in [0.717, 1.165) is 19.4 Å². The molecule has 0 radical (unpaired) electrons. The van der Waals surface area contributed by atoms with E-state index in [1.165, 1.54) is 25.3 Å². The highest BCUT2D eigenvalue weighted by Crippen LogP contribution is 2.18. The number of rotatable bonds is 5. The van der Waals surface area contributed by atoms with Crippen LogP contribution in [0.3, 0.4) is 0 Å². The first-order valence-electron chi connectivity index (χ1n) is 7.49. The van der Waals surface area contributed by atoms with E-state index in [1.807, 2.05) is 4.90 Å². The number of nitrogens with one attached hydrogen (secondary N) is 1. The third kappa shape index (κ3) is 4.24. The van der Waals surface area contributed by atoms with Gasteiger partial charge in [-0.1, -0.05) is 6.07 Å². The van der Waals surface area contributed by atoms with Crippen LogP contribution in [0, 0.1) is 11.6 Å². The van der Waals surface area contributed by atoms with Gasteiger partial charge >= 0.3 is 0 Å². The van der Waals surface area contributed by atoms with Crippen molar-refractivity contribution in [2.75, 3.05) is 20.2 Å². The summed E-state index contributed by atoms with van der Waals surface area (Å²) in [5, 5.41) is 2.92. The SMILES string of the molecule is COC(C)C(=O)NC1CCCN(Cc2c(F)cccc2F)C1. The summed E-state index contributed by atoms with van der Waals surface area (Å²) in [6.07, 6.45) is 1.24. The van der Waals surface area contributed by atoms with Gasteiger partial charge in [-0.2, -0.15) is 0 Å². The van der Waals surface area contributed by atoms with Crippen molar-refractivity contribution in [3.63, 3.8) is 0 Å². The Labute approximate surface area is 129 Å². The number of piperidine rings is 1. The number of benzene rings is 1. The van der Waals surface area contributed by atoms with E-state index in [0.29, 0.717) is 6.54 Å². The normalized spacial score (nSPS) is 20.6. The van der Waals surface area contributed by atoms with Crippen LogP contribution < -0.4 is 5.32 Å². The van der Waals surface area contributed by atoms with Crippen LogP contribution in [0.5, 0.6) is 0 Å². The van der Waals surface area contributed by atoms with Gasteiger partial charge in [0.25, 0.3) is 0 Å². The summed E-state index contributed by atoms with van der Waals surface area (Å²) >= 11 is 0. The van der Waals surface area contributed by atoms with E-state index in [4.69, 9.17) is 4.74 Å². The fraction of sp³-hybridized carbons (Fsp3) is 0.562. The Bertz CT molecular complexity index is 505. The molecule has 4 nitrogen and oxygen atoms in total. The molecule has 1 fully saturated rings. The van der Waals surface area contributed by atoms with E-state index in [-0.39, 0.29) is 24.1 Å². The van der Waals surface area contributed by atoms with E-state index in [1.54, 1.807) is 6.92 Å². The standard InChI is InChI=1S/C16H22F2N2O2/c1-11(22-2)16(21)19-12-5-4-8-20(9-12)10-13-14(17)6-3-7-15(13)18/h3,6-7,11-12H,4-5,8-10H2,1-2H3,(H,19,21). The molecular formula is C16H22F2N2O2. The van der Waals surface area contributed by atoms with Crippen LogP contribution in [0.2, 0.25) is 0 Å². The van der Waals surface area contributed by atoms with E-state index >= 15 is 0 Å². The molecule has 0 aliphatic carbocycles. The highest BCUT2D eigenvalue weighted by Gasteiger charge is 2.24. The summed E-state index contributed by atoms with van der Waals surface area (Å²) in [5.41, 5.74) is 0.0831. The molecule has 1 heterocycles. The zero-order valence-corrected chi connectivity index (χ0v) is 12.9. The van der Waals surface area contributed by atoms with Gasteiger partial charge in [-0.25, -0.2) is 8.78 Å². The maximum absolute atomic E-state index is 13.7. The van der Waals surface area contributed by atoms with Crippen molar-refractivity contribution in [2.45, 2.75) is 38.5 Å². The average Bonchev–Trinajstić information content (AvgIpc) is 2.50. The molecule has 22 heavy (non-hydrogen) atoms. The lowest BCUT2D eigenvalue weighted by atomic mass is 10.0. The van der Waals surface area contributed by atoms with Crippen molar-refractivity contribution in [1.29, 1.82) is 0 Å². The van der Waals surface area contributed by atoms with Crippen LogP contribution in [0.25, 0.3) is 0 Å². The third-order valence-electron chi connectivity index (χ3n) is 4.02. The fourth-order valence-electron chi connectivity index (χ4n) is 2.65. The summed E-state index contributed by atoms with van der Waals surface area (Å²) in [7, 11) is 1.48. The molecule has 1 N–H and O–H groups in total. The molecule has 6 heteroatoms. The summed E-state index contributed by atoms with van der Waals surface area (Å²) < 4.78 is 32.4. The minimum Gasteiger partial charge on any atom is -0.372 e. The quantitative estimate of drug-likeness (QED) is 0.905. The Balaban J connectivity index is 1.95. The van der Waals surface area contributed by atoms with Crippen LogP contribution in [-0.2, 0) is 16.1 Å². The highest BCUT2D eigenvalue weighted by molar-refractivity contribution is 5.80. The lowest BCUT2D eigenvalue weighted by Crippen LogP contribution is -2.49. The van der Waals surface area contributed by atoms with Gasteiger partial charge in [0.1, 0.15) is 17.7 Å². The van der Waals surface area contributed by atoms with Crippen LogP contribution in [0.1, 0.15) is 25.3 Å². The van der Waals surface area contributed by atoms with Gasteiger partial charge in [0.05, 0.1) is 0 Å². The molecule has 2 unspecified atom stereocenters. The molecule has 2 atom stereocenters. The zero-order valence-electron chi connectivity index (χ0n) is 12.9. The second-order valence-corrected chi connectivity index (χ2v) is 5.66. The monoisotopic (exact) mass is 312 g/mol. The van der Waals surface area contributed by atoms with Gasteiger partial charge in [0.15, 0.2) is 0 Å².